The highest BCUT2D eigenvalue weighted by molar-refractivity contribution is 5.91. The zero-order valence-corrected chi connectivity index (χ0v) is 25.6. The molecule has 44 heavy (non-hydrogen) atoms. The molecule has 11 heteroatoms. The summed E-state index contributed by atoms with van der Waals surface area (Å²) >= 11 is 0. The minimum Gasteiger partial charge on any atom is -0.444 e. The summed E-state index contributed by atoms with van der Waals surface area (Å²) in [7, 11) is 0. The van der Waals surface area contributed by atoms with Crippen molar-refractivity contribution in [1.29, 1.82) is 0 Å². The maximum Gasteiger partial charge on any atom is 0.509 e. The summed E-state index contributed by atoms with van der Waals surface area (Å²) in [6, 6.07) is 15.7. The number of carbonyl (C=O) groups excluding carboxylic acids is 3. The lowest BCUT2D eigenvalue weighted by Crippen LogP contribution is -2.47. The first-order valence-corrected chi connectivity index (χ1v) is 14.7. The average Bonchev–Trinajstić information content (AvgIpc) is 3.51. The molecule has 2 aliphatic rings. The molecule has 2 amide bonds. The fourth-order valence-corrected chi connectivity index (χ4v) is 5.37. The fourth-order valence-electron chi connectivity index (χ4n) is 5.37. The van der Waals surface area contributed by atoms with Gasteiger partial charge in [-0.25, -0.2) is 19.9 Å². The number of aromatic amines is 1. The summed E-state index contributed by atoms with van der Waals surface area (Å²) in [5.41, 5.74) is 6.80. The number of para-hydroxylation sites is 1. The maximum absolute atomic E-state index is 13.2. The van der Waals surface area contributed by atoms with Crippen LogP contribution in [0.15, 0.2) is 54.6 Å². The number of aryl methyl sites for hydroxylation is 1. The summed E-state index contributed by atoms with van der Waals surface area (Å²) < 4.78 is 21.6. The van der Waals surface area contributed by atoms with Crippen molar-refractivity contribution in [2.24, 2.45) is 0 Å². The fraction of sp³-hybridized carbons (Fsp3) is 0.424. The summed E-state index contributed by atoms with van der Waals surface area (Å²) in [6.45, 7) is 10.2. The van der Waals surface area contributed by atoms with E-state index < -0.39 is 42.3 Å². The molecule has 2 aliphatic heterocycles. The van der Waals surface area contributed by atoms with Crippen LogP contribution in [0.2, 0.25) is 0 Å². The lowest BCUT2D eigenvalue weighted by molar-refractivity contribution is -0.245. The number of aromatic nitrogens is 1. The molecule has 2 fully saturated rings. The Morgan fingerprint density at radius 2 is 1.86 bits per heavy atom. The van der Waals surface area contributed by atoms with Gasteiger partial charge in [0.1, 0.15) is 11.7 Å². The molecule has 0 spiro atoms. The Bertz CT molecular complexity index is 1520. The van der Waals surface area contributed by atoms with Gasteiger partial charge in [0, 0.05) is 42.2 Å². The number of hydrogen-bond acceptors (Lipinski definition) is 8. The third-order valence-corrected chi connectivity index (χ3v) is 7.48. The van der Waals surface area contributed by atoms with Gasteiger partial charge in [0.15, 0.2) is 12.4 Å². The van der Waals surface area contributed by atoms with Crippen molar-refractivity contribution < 1.29 is 38.2 Å². The van der Waals surface area contributed by atoms with Crippen LogP contribution >= 0.6 is 0 Å². The number of hydrogen-bond donors (Lipinski definition) is 2. The van der Waals surface area contributed by atoms with E-state index in [4.69, 9.17) is 23.8 Å². The van der Waals surface area contributed by atoms with Crippen molar-refractivity contribution in [1.82, 2.24) is 15.4 Å². The number of fused-ring (bicyclic) bond motifs is 2. The van der Waals surface area contributed by atoms with Gasteiger partial charge in [-0.1, -0.05) is 42.5 Å². The van der Waals surface area contributed by atoms with Gasteiger partial charge in [-0.3, -0.25) is 4.79 Å². The summed E-state index contributed by atoms with van der Waals surface area (Å²) in [5, 5.41) is 1.16. The van der Waals surface area contributed by atoms with Crippen molar-refractivity contribution >= 4 is 35.1 Å². The van der Waals surface area contributed by atoms with Crippen LogP contribution in [0.4, 0.5) is 9.59 Å². The van der Waals surface area contributed by atoms with E-state index in [0.29, 0.717) is 19.5 Å². The van der Waals surface area contributed by atoms with Crippen LogP contribution in [0, 0.1) is 6.92 Å². The number of ether oxygens (including phenoxy) is 4. The van der Waals surface area contributed by atoms with Gasteiger partial charge in [0.05, 0.1) is 6.10 Å². The largest absolute Gasteiger partial charge is 0.509 e. The molecular formula is C33H39N3O8. The molecule has 0 aliphatic carbocycles. The number of carbonyl (C=O) groups is 3. The molecule has 1 unspecified atom stereocenters. The predicted molar refractivity (Wildman–Crippen MR) is 162 cm³/mol. The second-order valence-electron chi connectivity index (χ2n) is 12.1. The molecule has 5 rings (SSSR count). The number of nitrogens with zero attached hydrogens (tertiary/aromatic N) is 1. The number of amides is 2. The summed E-state index contributed by atoms with van der Waals surface area (Å²) in [6.07, 6.45) is 0.650. The van der Waals surface area contributed by atoms with Crippen molar-refractivity contribution in [3.63, 3.8) is 0 Å². The first-order valence-electron chi connectivity index (χ1n) is 14.7. The van der Waals surface area contributed by atoms with E-state index >= 15 is 0 Å². The van der Waals surface area contributed by atoms with Gasteiger partial charge >= 0.3 is 12.2 Å². The predicted octanol–water partition coefficient (Wildman–Crippen LogP) is 5.56. The van der Waals surface area contributed by atoms with E-state index in [9.17, 15) is 14.4 Å². The molecule has 0 saturated carbocycles. The topological polar surface area (TPSA) is 128 Å². The summed E-state index contributed by atoms with van der Waals surface area (Å²) in [5.74, 6) is -0.476. The molecule has 2 saturated heterocycles. The SMILES string of the molecule is Cc1[nH]c2ccccc2c1CCN(Cc1ccc(/C=C/C(=O)NOC2C[C@@H]3OC(=O)O[C@@H]3[C@H](C)O2)cc1)C(=O)OC(C)(C)C. The molecule has 1 aromatic heterocycles. The van der Waals surface area contributed by atoms with Crippen LogP contribution < -0.4 is 5.48 Å². The van der Waals surface area contributed by atoms with Gasteiger partial charge in [-0.05, 0) is 69.9 Å². The molecule has 3 heterocycles. The lowest BCUT2D eigenvalue weighted by Gasteiger charge is -2.32. The minimum atomic E-state index is -0.773. The van der Waals surface area contributed by atoms with Crippen LogP contribution in [-0.4, -0.2) is 64.8 Å². The van der Waals surface area contributed by atoms with Gasteiger partial charge in [-0.15, -0.1) is 0 Å². The highest BCUT2D eigenvalue weighted by Crippen LogP contribution is 2.30. The second-order valence-corrected chi connectivity index (χ2v) is 12.1. The molecular weight excluding hydrogens is 566 g/mol. The van der Waals surface area contributed by atoms with Crippen molar-refractivity contribution in [3.8, 4) is 0 Å². The molecule has 0 bridgehead atoms. The first-order chi connectivity index (χ1) is 20.9. The minimum absolute atomic E-state index is 0.244. The van der Waals surface area contributed by atoms with Crippen molar-refractivity contribution in [3.05, 3.63) is 77.0 Å². The lowest BCUT2D eigenvalue weighted by atomic mass is 10.0. The van der Waals surface area contributed by atoms with E-state index in [2.05, 4.69) is 22.6 Å². The Kier molecular flexibility index (Phi) is 9.26. The summed E-state index contributed by atoms with van der Waals surface area (Å²) in [4.78, 5) is 47.4. The third-order valence-electron chi connectivity index (χ3n) is 7.48. The highest BCUT2D eigenvalue weighted by atomic mass is 16.8. The number of benzene rings is 2. The highest BCUT2D eigenvalue weighted by Gasteiger charge is 2.47. The Hall–Kier alpha value is -4.35. The molecule has 2 aromatic carbocycles. The number of rotatable bonds is 9. The normalized spacial score (nSPS) is 21.5. The smallest absolute Gasteiger partial charge is 0.444 e. The van der Waals surface area contributed by atoms with Crippen LogP contribution in [0.1, 0.15) is 56.5 Å². The molecule has 2 N–H and O–H groups in total. The molecule has 3 aromatic rings. The van der Waals surface area contributed by atoms with Crippen LogP contribution in [-0.2, 0) is 41.5 Å². The van der Waals surface area contributed by atoms with Gasteiger partial charge in [0.2, 0.25) is 0 Å². The van der Waals surface area contributed by atoms with Gasteiger partial charge in [0.25, 0.3) is 5.91 Å². The van der Waals surface area contributed by atoms with E-state index in [-0.39, 0.29) is 12.5 Å². The van der Waals surface area contributed by atoms with Crippen LogP contribution in [0.3, 0.4) is 0 Å². The Labute approximate surface area is 256 Å². The Balaban J connectivity index is 1.16. The standard InChI is InChI=1S/C33H39N3O8/c1-20-24(25-8-6-7-9-26(25)34-20)16-17-36(31(38)43-33(3,4)5)19-23-12-10-22(11-13-23)14-15-28(37)35-44-29-18-27-30(21(2)40-29)42-32(39)41-27/h6-15,21,27,29-30,34H,16-19H2,1-5H3,(H,35,37)/b15-14+/t21-,27-,29?,30+/m0/s1. The van der Waals surface area contributed by atoms with E-state index in [1.54, 1.807) is 17.9 Å². The second kappa shape index (κ2) is 13.1. The first kappa shape index (κ1) is 31.1. The third kappa shape index (κ3) is 7.78. The number of H-pyrrole nitrogens is 1. The van der Waals surface area contributed by atoms with E-state index in [0.717, 1.165) is 27.7 Å². The van der Waals surface area contributed by atoms with Crippen molar-refractivity contribution in [2.75, 3.05) is 6.54 Å². The number of hydroxylamine groups is 1. The van der Waals surface area contributed by atoms with Gasteiger partial charge < -0.3 is 28.8 Å². The zero-order valence-electron chi connectivity index (χ0n) is 25.6. The average molecular weight is 606 g/mol. The molecule has 0 radical (unpaired) electrons. The number of nitrogens with one attached hydrogen (secondary N) is 2. The Morgan fingerprint density at radius 1 is 1.11 bits per heavy atom. The van der Waals surface area contributed by atoms with Crippen LogP contribution in [0.25, 0.3) is 17.0 Å². The zero-order chi connectivity index (χ0) is 31.4. The molecule has 11 nitrogen and oxygen atoms in total. The molecule has 4 atom stereocenters. The van der Waals surface area contributed by atoms with Crippen molar-refractivity contribution in [2.45, 2.75) is 84.2 Å². The van der Waals surface area contributed by atoms with Crippen LogP contribution in [0.5, 0.6) is 0 Å². The van der Waals surface area contributed by atoms with Gasteiger partial charge in [-0.2, -0.15) is 0 Å². The maximum atomic E-state index is 13.2. The monoisotopic (exact) mass is 605 g/mol. The molecule has 234 valence electrons. The quantitative estimate of drug-likeness (QED) is 0.184. The Morgan fingerprint density at radius 3 is 2.61 bits per heavy atom. The van der Waals surface area contributed by atoms with E-state index in [1.807, 2.05) is 64.1 Å². The van der Waals surface area contributed by atoms with E-state index in [1.165, 1.54) is 11.6 Å².